The number of rotatable bonds is 7. The molecule has 2 aromatic rings. The Morgan fingerprint density at radius 2 is 2.10 bits per heavy atom. The summed E-state index contributed by atoms with van der Waals surface area (Å²) in [5, 5.41) is 7.49. The molecule has 0 bridgehead atoms. The van der Waals surface area contributed by atoms with Gasteiger partial charge in [-0.15, -0.1) is 0 Å². The molecule has 6 nitrogen and oxygen atoms in total. The molecule has 0 fully saturated rings. The third-order valence-corrected chi connectivity index (χ3v) is 2.66. The maximum Gasteiger partial charge on any atom is 0.238 e. The molecule has 20 heavy (non-hydrogen) atoms. The quantitative estimate of drug-likeness (QED) is 0.840. The van der Waals surface area contributed by atoms with Crippen LogP contribution in [0.25, 0.3) is 0 Å². The molecule has 108 valence electrons. The molecule has 2 aromatic heterocycles. The second kappa shape index (κ2) is 7.00. The first-order chi connectivity index (χ1) is 9.67. The molecule has 0 aliphatic carbocycles. The van der Waals surface area contributed by atoms with Crippen molar-refractivity contribution in [2.45, 2.75) is 46.3 Å². The molecular weight excluding hydrogens is 254 g/mol. The van der Waals surface area contributed by atoms with Gasteiger partial charge in [-0.05, 0) is 6.42 Å². The standard InChI is InChI=1S/C14H21N5O/c1-4-5-19-10-13(8-18-19)20-14-9-16-12(7-17-14)6-15-11(2)3/h7-11,15H,4-6H2,1-3H3. The number of hydrogen-bond acceptors (Lipinski definition) is 5. The minimum atomic E-state index is 0.428. The van der Waals surface area contributed by atoms with Crippen LogP contribution in [-0.2, 0) is 13.1 Å². The first-order valence-corrected chi connectivity index (χ1v) is 6.92. The van der Waals surface area contributed by atoms with Gasteiger partial charge in [0.1, 0.15) is 0 Å². The number of nitrogens with one attached hydrogen (secondary N) is 1. The number of nitrogens with zero attached hydrogens (tertiary/aromatic N) is 4. The summed E-state index contributed by atoms with van der Waals surface area (Å²) in [6.07, 6.45) is 7.94. The summed E-state index contributed by atoms with van der Waals surface area (Å²) >= 11 is 0. The Morgan fingerprint density at radius 1 is 1.25 bits per heavy atom. The summed E-state index contributed by atoms with van der Waals surface area (Å²) in [5.74, 6) is 1.16. The van der Waals surface area contributed by atoms with Crippen LogP contribution >= 0.6 is 0 Å². The van der Waals surface area contributed by atoms with Crippen LogP contribution in [0.3, 0.4) is 0 Å². The molecule has 2 heterocycles. The summed E-state index contributed by atoms with van der Waals surface area (Å²) in [6.45, 7) is 7.89. The van der Waals surface area contributed by atoms with E-state index in [1.807, 2.05) is 10.9 Å². The minimum absolute atomic E-state index is 0.428. The first kappa shape index (κ1) is 14.5. The Bertz CT molecular complexity index is 521. The van der Waals surface area contributed by atoms with Gasteiger partial charge in [0.2, 0.25) is 5.88 Å². The van der Waals surface area contributed by atoms with Crippen LogP contribution in [0.4, 0.5) is 0 Å². The summed E-state index contributed by atoms with van der Waals surface area (Å²) < 4.78 is 7.46. The zero-order chi connectivity index (χ0) is 14.4. The zero-order valence-electron chi connectivity index (χ0n) is 12.2. The van der Waals surface area contributed by atoms with E-state index in [2.05, 4.69) is 41.2 Å². The second-order valence-electron chi connectivity index (χ2n) is 4.92. The van der Waals surface area contributed by atoms with Gasteiger partial charge in [0, 0.05) is 19.1 Å². The van der Waals surface area contributed by atoms with Crippen LogP contribution < -0.4 is 10.1 Å². The summed E-state index contributed by atoms with van der Waals surface area (Å²) in [4.78, 5) is 8.56. The molecule has 0 radical (unpaired) electrons. The van der Waals surface area contributed by atoms with E-state index in [0.29, 0.717) is 24.2 Å². The number of hydrogen-bond donors (Lipinski definition) is 1. The van der Waals surface area contributed by atoms with E-state index < -0.39 is 0 Å². The Labute approximate surface area is 119 Å². The third kappa shape index (κ3) is 4.31. The molecule has 2 rings (SSSR count). The third-order valence-electron chi connectivity index (χ3n) is 2.66. The second-order valence-corrected chi connectivity index (χ2v) is 4.92. The van der Waals surface area contributed by atoms with Gasteiger partial charge in [-0.1, -0.05) is 20.8 Å². The molecule has 0 spiro atoms. The van der Waals surface area contributed by atoms with Crippen molar-refractivity contribution in [1.29, 1.82) is 0 Å². The highest BCUT2D eigenvalue weighted by Gasteiger charge is 2.03. The minimum Gasteiger partial charge on any atom is -0.434 e. The molecule has 0 amide bonds. The lowest BCUT2D eigenvalue weighted by Gasteiger charge is -2.07. The van der Waals surface area contributed by atoms with Gasteiger partial charge in [-0.2, -0.15) is 5.10 Å². The van der Waals surface area contributed by atoms with Crippen molar-refractivity contribution in [2.75, 3.05) is 0 Å². The van der Waals surface area contributed by atoms with Gasteiger partial charge in [-0.3, -0.25) is 9.67 Å². The molecule has 0 aromatic carbocycles. The van der Waals surface area contributed by atoms with E-state index in [1.54, 1.807) is 18.6 Å². The Morgan fingerprint density at radius 3 is 2.75 bits per heavy atom. The van der Waals surface area contributed by atoms with Crippen molar-refractivity contribution in [3.8, 4) is 11.6 Å². The van der Waals surface area contributed by atoms with Gasteiger partial charge >= 0.3 is 0 Å². The molecule has 0 saturated heterocycles. The fourth-order valence-electron chi connectivity index (χ4n) is 1.67. The van der Waals surface area contributed by atoms with Crippen LogP contribution in [0.1, 0.15) is 32.9 Å². The van der Waals surface area contributed by atoms with Crippen molar-refractivity contribution in [1.82, 2.24) is 25.1 Å². The van der Waals surface area contributed by atoms with E-state index >= 15 is 0 Å². The molecule has 6 heteroatoms. The smallest absolute Gasteiger partial charge is 0.238 e. The predicted octanol–water partition coefficient (Wildman–Crippen LogP) is 2.37. The predicted molar refractivity (Wildman–Crippen MR) is 76.6 cm³/mol. The lowest BCUT2D eigenvalue weighted by atomic mass is 10.3. The van der Waals surface area contributed by atoms with Gasteiger partial charge in [0.05, 0.1) is 30.5 Å². The lowest BCUT2D eigenvalue weighted by Crippen LogP contribution is -2.22. The zero-order valence-corrected chi connectivity index (χ0v) is 12.2. The van der Waals surface area contributed by atoms with Crippen LogP contribution in [0.15, 0.2) is 24.8 Å². The van der Waals surface area contributed by atoms with Crippen LogP contribution in [0, 0.1) is 0 Å². The Balaban J connectivity index is 1.92. The highest BCUT2D eigenvalue weighted by Crippen LogP contribution is 2.17. The Hall–Kier alpha value is -1.95. The molecule has 0 saturated carbocycles. The fourth-order valence-corrected chi connectivity index (χ4v) is 1.67. The fraction of sp³-hybridized carbons (Fsp3) is 0.500. The highest BCUT2D eigenvalue weighted by molar-refractivity contribution is 5.19. The van der Waals surface area contributed by atoms with Crippen molar-refractivity contribution in [3.05, 3.63) is 30.5 Å². The van der Waals surface area contributed by atoms with Crippen molar-refractivity contribution in [3.63, 3.8) is 0 Å². The van der Waals surface area contributed by atoms with E-state index in [0.717, 1.165) is 18.7 Å². The molecule has 0 aliphatic rings. The van der Waals surface area contributed by atoms with Gasteiger partial charge in [-0.25, -0.2) is 4.98 Å². The highest BCUT2D eigenvalue weighted by atomic mass is 16.5. The first-order valence-electron chi connectivity index (χ1n) is 6.92. The van der Waals surface area contributed by atoms with Crippen LogP contribution in [0.5, 0.6) is 11.6 Å². The van der Waals surface area contributed by atoms with Gasteiger partial charge in [0.15, 0.2) is 5.75 Å². The monoisotopic (exact) mass is 275 g/mol. The number of aromatic nitrogens is 4. The maximum absolute atomic E-state index is 5.61. The van der Waals surface area contributed by atoms with Gasteiger partial charge in [0.25, 0.3) is 0 Å². The SMILES string of the molecule is CCCn1cc(Oc2cnc(CNC(C)C)cn2)cn1. The van der Waals surface area contributed by atoms with Crippen LogP contribution in [0.2, 0.25) is 0 Å². The van der Waals surface area contributed by atoms with Gasteiger partial charge < -0.3 is 10.1 Å². The van der Waals surface area contributed by atoms with E-state index in [4.69, 9.17) is 4.74 Å². The summed E-state index contributed by atoms with van der Waals surface area (Å²) in [6, 6.07) is 0.428. The van der Waals surface area contributed by atoms with Crippen LogP contribution in [-0.4, -0.2) is 25.8 Å². The number of ether oxygens (including phenoxy) is 1. The molecule has 0 unspecified atom stereocenters. The molecule has 1 N–H and O–H groups in total. The normalized spacial score (nSPS) is 11.0. The van der Waals surface area contributed by atoms with E-state index in [9.17, 15) is 0 Å². The largest absolute Gasteiger partial charge is 0.434 e. The van der Waals surface area contributed by atoms with E-state index in [-0.39, 0.29) is 0 Å². The van der Waals surface area contributed by atoms with Crippen molar-refractivity contribution < 1.29 is 4.74 Å². The lowest BCUT2D eigenvalue weighted by molar-refractivity contribution is 0.456. The molecule has 0 aliphatic heterocycles. The average molecular weight is 275 g/mol. The maximum atomic E-state index is 5.61. The summed E-state index contributed by atoms with van der Waals surface area (Å²) in [7, 11) is 0. The van der Waals surface area contributed by atoms with Crippen molar-refractivity contribution in [2.24, 2.45) is 0 Å². The molecular formula is C14H21N5O. The topological polar surface area (TPSA) is 64.9 Å². The average Bonchev–Trinajstić information content (AvgIpc) is 2.86. The van der Waals surface area contributed by atoms with Crippen molar-refractivity contribution >= 4 is 0 Å². The van der Waals surface area contributed by atoms with E-state index in [1.165, 1.54) is 0 Å². The molecule has 0 atom stereocenters. The summed E-state index contributed by atoms with van der Waals surface area (Å²) in [5.41, 5.74) is 0.896. The number of aryl methyl sites for hydroxylation is 1. The Kier molecular flexibility index (Phi) is 5.06.